The summed E-state index contributed by atoms with van der Waals surface area (Å²) in [6.45, 7) is 3.54. The minimum absolute atomic E-state index is 0.199. The van der Waals surface area contributed by atoms with Gasteiger partial charge in [-0.15, -0.1) is 0 Å². The Kier molecular flexibility index (Phi) is 4.51. The molecule has 2 heterocycles. The third-order valence-electron chi connectivity index (χ3n) is 4.20. The zero-order valence-electron chi connectivity index (χ0n) is 12.9. The fourth-order valence-corrected chi connectivity index (χ4v) is 2.84. The van der Waals surface area contributed by atoms with E-state index in [0.717, 1.165) is 49.6 Å². The minimum atomic E-state index is 0.199. The molecule has 0 spiro atoms. The van der Waals surface area contributed by atoms with Crippen LogP contribution in [0.15, 0.2) is 34.9 Å². The molecule has 22 heavy (non-hydrogen) atoms. The molecular weight excluding hydrogens is 278 g/mol. The van der Waals surface area contributed by atoms with Crippen molar-refractivity contribution in [2.75, 3.05) is 13.1 Å². The second kappa shape index (κ2) is 6.73. The van der Waals surface area contributed by atoms with Crippen LogP contribution in [0.3, 0.4) is 0 Å². The Morgan fingerprint density at radius 1 is 1.27 bits per heavy atom. The molecule has 116 valence electrons. The number of benzene rings is 1. The fraction of sp³-hybridized carbons (Fsp3) is 0.471. The average Bonchev–Trinajstić information content (AvgIpc) is 3.05. The lowest BCUT2D eigenvalue weighted by molar-refractivity contribution is -0.131. The Bertz CT molecular complexity index is 616. The average molecular weight is 299 g/mol. The summed E-state index contributed by atoms with van der Waals surface area (Å²) in [5, 5.41) is 3.95. The number of likely N-dealkylation sites (tertiary alicyclic amines) is 1. The van der Waals surface area contributed by atoms with Crippen LogP contribution in [0.5, 0.6) is 0 Å². The molecule has 0 atom stereocenters. The summed E-state index contributed by atoms with van der Waals surface area (Å²) in [6, 6.07) is 9.89. The molecule has 0 unspecified atom stereocenters. The van der Waals surface area contributed by atoms with Gasteiger partial charge in [-0.3, -0.25) is 4.79 Å². The van der Waals surface area contributed by atoms with Gasteiger partial charge >= 0.3 is 0 Å². The Hall–Kier alpha value is -2.17. The van der Waals surface area contributed by atoms with Gasteiger partial charge in [-0.25, -0.2) is 0 Å². The molecule has 1 aliphatic rings. The Balaban J connectivity index is 1.54. The Labute approximate surface area is 130 Å². The highest BCUT2D eigenvalue weighted by molar-refractivity contribution is 5.78. The Morgan fingerprint density at radius 2 is 2.00 bits per heavy atom. The van der Waals surface area contributed by atoms with E-state index in [9.17, 15) is 4.79 Å². The topological polar surface area (TPSA) is 59.2 Å². The van der Waals surface area contributed by atoms with Gasteiger partial charge in [-0.05, 0) is 18.4 Å². The van der Waals surface area contributed by atoms with Crippen molar-refractivity contribution in [3.8, 4) is 0 Å². The second-order valence-electron chi connectivity index (χ2n) is 5.72. The van der Waals surface area contributed by atoms with Crippen molar-refractivity contribution in [3.05, 3.63) is 47.6 Å². The number of aryl methyl sites for hydroxylation is 1. The second-order valence-corrected chi connectivity index (χ2v) is 5.72. The summed E-state index contributed by atoms with van der Waals surface area (Å²) in [7, 11) is 0. The highest BCUT2D eigenvalue weighted by Crippen LogP contribution is 2.27. The predicted molar refractivity (Wildman–Crippen MR) is 82.4 cm³/mol. The molecule has 0 saturated carbocycles. The van der Waals surface area contributed by atoms with Crippen molar-refractivity contribution in [2.24, 2.45) is 0 Å². The number of hydrogen-bond donors (Lipinski definition) is 0. The zero-order valence-corrected chi connectivity index (χ0v) is 12.9. The number of piperidine rings is 1. The van der Waals surface area contributed by atoms with E-state index >= 15 is 0 Å². The van der Waals surface area contributed by atoms with Gasteiger partial charge in [-0.2, -0.15) is 4.98 Å². The van der Waals surface area contributed by atoms with Gasteiger partial charge in [0.2, 0.25) is 11.8 Å². The van der Waals surface area contributed by atoms with Crippen molar-refractivity contribution >= 4 is 5.91 Å². The van der Waals surface area contributed by atoms with Crippen LogP contribution in [0.2, 0.25) is 0 Å². The van der Waals surface area contributed by atoms with Crippen molar-refractivity contribution in [2.45, 2.75) is 38.5 Å². The third-order valence-corrected chi connectivity index (χ3v) is 4.20. The maximum absolute atomic E-state index is 12.3. The van der Waals surface area contributed by atoms with Crippen LogP contribution < -0.4 is 0 Å². The number of nitrogens with zero attached hydrogens (tertiary/aromatic N) is 3. The lowest BCUT2D eigenvalue weighted by Crippen LogP contribution is -2.38. The minimum Gasteiger partial charge on any atom is -0.342 e. The van der Waals surface area contributed by atoms with Gasteiger partial charge in [0, 0.05) is 25.4 Å². The number of hydrogen-bond acceptors (Lipinski definition) is 4. The van der Waals surface area contributed by atoms with Crippen molar-refractivity contribution in [3.63, 3.8) is 0 Å². The maximum Gasteiger partial charge on any atom is 0.229 e. The molecule has 0 aliphatic carbocycles. The molecule has 0 N–H and O–H groups in total. The zero-order chi connectivity index (χ0) is 15.4. The molecule has 2 aromatic rings. The first-order valence-electron chi connectivity index (χ1n) is 7.90. The number of amides is 1. The molecule has 3 rings (SSSR count). The summed E-state index contributed by atoms with van der Waals surface area (Å²) < 4.78 is 5.32. The first-order valence-corrected chi connectivity index (χ1v) is 7.90. The van der Waals surface area contributed by atoms with Crippen LogP contribution >= 0.6 is 0 Å². The third kappa shape index (κ3) is 3.35. The summed E-state index contributed by atoms with van der Waals surface area (Å²) >= 11 is 0. The van der Waals surface area contributed by atoms with E-state index < -0.39 is 0 Å². The van der Waals surface area contributed by atoms with Crippen LogP contribution in [0.4, 0.5) is 0 Å². The SMILES string of the molecule is CCc1noc(C2CCN(C(=O)Cc3ccccc3)CC2)n1. The first-order chi connectivity index (χ1) is 10.8. The molecule has 1 aromatic heterocycles. The number of carbonyl (C=O) groups excluding carboxylic acids is 1. The number of carbonyl (C=O) groups is 1. The quantitative estimate of drug-likeness (QED) is 0.870. The van der Waals surface area contributed by atoms with E-state index in [-0.39, 0.29) is 11.8 Å². The standard InChI is InChI=1S/C17H21N3O2/c1-2-15-18-17(22-19-15)14-8-10-20(11-9-14)16(21)12-13-6-4-3-5-7-13/h3-7,14H,2,8-12H2,1H3. The highest BCUT2D eigenvalue weighted by atomic mass is 16.5. The van der Waals surface area contributed by atoms with Crippen LogP contribution in [-0.4, -0.2) is 34.0 Å². The van der Waals surface area contributed by atoms with Gasteiger partial charge in [-0.1, -0.05) is 42.4 Å². The molecule has 1 fully saturated rings. The normalized spacial score (nSPS) is 16.0. The molecule has 1 saturated heterocycles. The first kappa shape index (κ1) is 14.8. The molecule has 1 aromatic carbocycles. The van der Waals surface area contributed by atoms with Crippen molar-refractivity contribution in [1.29, 1.82) is 0 Å². The predicted octanol–water partition coefficient (Wildman–Crippen LogP) is 2.58. The van der Waals surface area contributed by atoms with Crippen LogP contribution in [0.1, 0.15) is 43.0 Å². The largest absolute Gasteiger partial charge is 0.342 e. The lowest BCUT2D eigenvalue weighted by atomic mass is 9.96. The molecule has 1 amide bonds. The van der Waals surface area contributed by atoms with E-state index in [1.807, 2.05) is 42.2 Å². The Morgan fingerprint density at radius 3 is 2.64 bits per heavy atom. The molecule has 1 aliphatic heterocycles. The van der Waals surface area contributed by atoms with E-state index in [2.05, 4.69) is 10.1 Å². The maximum atomic E-state index is 12.3. The van der Waals surface area contributed by atoms with Crippen molar-refractivity contribution < 1.29 is 9.32 Å². The monoisotopic (exact) mass is 299 g/mol. The van der Waals surface area contributed by atoms with E-state index in [1.165, 1.54) is 0 Å². The van der Waals surface area contributed by atoms with Gasteiger partial charge < -0.3 is 9.42 Å². The lowest BCUT2D eigenvalue weighted by Gasteiger charge is -2.30. The summed E-state index contributed by atoms with van der Waals surface area (Å²) in [5.74, 6) is 1.97. The van der Waals surface area contributed by atoms with E-state index in [4.69, 9.17) is 4.52 Å². The molecule has 0 bridgehead atoms. The van der Waals surface area contributed by atoms with Crippen LogP contribution in [0.25, 0.3) is 0 Å². The van der Waals surface area contributed by atoms with E-state index in [1.54, 1.807) is 0 Å². The van der Waals surface area contributed by atoms with Gasteiger partial charge in [0.25, 0.3) is 0 Å². The molecule has 5 heteroatoms. The molecular formula is C17H21N3O2. The summed E-state index contributed by atoms with van der Waals surface area (Å²) in [5.41, 5.74) is 1.07. The number of aromatic nitrogens is 2. The van der Waals surface area contributed by atoms with Crippen LogP contribution in [-0.2, 0) is 17.6 Å². The van der Waals surface area contributed by atoms with E-state index in [0.29, 0.717) is 6.42 Å². The van der Waals surface area contributed by atoms with Gasteiger partial charge in [0.15, 0.2) is 5.82 Å². The van der Waals surface area contributed by atoms with Gasteiger partial charge in [0.1, 0.15) is 0 Å². The van der Waals surface area contributed by atoms with Crippen LogP contribution in [0, 0.1) is 0 Å². The fourth-order valence-electron chi connectivity index (χ4n) is 2.84. The number of rotatable bonds is 4. The summed E-state index contributed by atoms with van der Waals surface area (Å²) in [6.07, 6.45) is 3.06. The highest BCUT2D eigenvalue weighted by Gasteiger charge is 2.27. The smallest absolute Gasteiger partial charge is 0.229 e. The summed E-state index contributed by atoms with van der Waals surface area (Å²) in [4.78, 5) is 18.7. The molecule has 5 nitrogen and oxygen atoms in total. The van der Waals surface area contributed by atoms with Crippen molar-refractivity contribution in [1.82, 2.24) is 15.0 Å². The van der Waals surface area contributed by atoms with Gasteiger partial charge in [0.05, 0.1) is 6.42 Å². The molecule has 0 radical (unpaired) electrons.